The summed E-state index contributed by atoms with van der Waals surface area (Å²) in [6.07, 6.45) is 2.86. The number of aliphatic hydroxyl groups excluding tert-OH is 1. The van der Waals surface area contributed by atoms with Crippen LogP contribution in [0.2, 0.25) is 0 Å². The Kier molecular flexibility index (Phi) is 4.66. The highest BCUT2D eigenvalue weighted by molar-refractivity contribution is 7.13. The van der Waals surface area contributed by atoms with Gasteiger partial charge in [-0.2, -0.15) is 0 Å². The summed E-state index contributed by atoms with van der Waals surface area (Å²) in [5.41, 5.74) is 2.37. The molecule has 1 fully saturated rings. The zero-order valence-electron chi connectivity index (χ0n) is 14.7. The van der Waals surface area contributed by atoms with Gasteiger partial charge in [0.2, 0.25) is 5.13 Å². The van der Waals surface area contributed by atoms with Gasteiger partial charge in [-0.25, -0.2) is 0 Å². The molecule has 1 aliphatic rings. The number of carbonyl (C=O) groups excluding carboxylic acids is 2. The first-order chi connectivity index (χ1) is 13.6. The normalized spacial score (nSPS) is 18.6. The lowest BCUT2D eigenvalue weighted by molar-refractivity contribution is -0.132. The predicted octanol–water partition coefficient (Wildman–Crippen LogP) is 3.16. The van der Waals surface area contributed by atoms with Crippen molar-refractivity contribution in [3.8, 4) is 5.75 Å². The van der Waals surface area contributed by atoms with Crippen molar-refractivity contribution in [3.05, 3.63) is 65.1 Å². The van der Waals surface area contributed by atoms with Crippen molar-refractivity contribution in [2.24, 2.45) is 0 Å². The molecule has 0 bridgehead atoms. The van der Waals surface area contributed by atoms with Crippen molar-refractivity contribution in [3.63, 3.8) is 0 Å². The Hall–Kier alpha value is -3.46. The van der Waals surface area contributed by atoms with E-state index in [4.69, 9.17) is 9.15 Å². The van der Waals surface area contributed by atoms with E-state index in [2.05, 4.69) is 10.2 Å². The number of aromatic nitrogens is 2. The Balaban J connectivity index is 1.84. The number of ether oxygens (including phenoxy) is 1. The van der Waals surface area contributed by atoms with Gasteiger partial charge in [0.1, 0.15) is 23.1 Å². The Bertz CT molecular complexity index is 1030. The van der Waals surface area contributed by atoms with Crippen LogP contribution in [0.25, 0.3) is 5.76 Å². The molecule has 1 saturated heterocycles. The van der Waals surface area contributed by atoms with Crippen molar-refractivity contribution < 1.29 is 23.8 Å². The number of aliphatic hydroxyl groups is 1. The number of Topliss-reactive ketones (excluding diaryl/α,β-unsaturated/α-hetero) is 1. The van der Waals surface area contributed by atoms with Crippen LogP contribution in [0.4, 0.5) is 5.13 Å². The fourth-order valence-electron chi connectivity index (χ4n) is 3.08. The molecule has 4 rings (SSSR count). The number of benzene rings is 1. The summed E-state index contributed by atoms with van der Waals surface area (Å²) < 4.78 is 10.5. The molecule has 0 radical (unpaired) electrons. The molecule has 142 valence electrons. The molecule has 0 saturated carbocycles. The molecule has 1 atom stereocenters. The lowest BCUT2D eigenvalue weighted by atomic mass is 9.97. The third-order valence-electron chi connectivity index (χ3n) is 4.30. The largest absolute Gasteiger partial charge is 0.507 e. The molecular formula is C19H15N3O5S. The van der Waals surface area contributed by atoms with Gasteiger partial charge in [0.15, 0.2) is 0 Å². The fourth-order valence-corrected chi connectivity index (χ4v) is 3.66. The molecule has 0 aliphatic carbocycles. The van der Waals surface area contributed by atoms with Crippen LogP contribution in [0.3, 0.4) is 0 Å². The van der Waals surface area contributed by atoms with E-state index in [0.717, 1.165) is 11.3 Å². The summed E-state index contributed by atoms with van der Waals surface area (Å²) >= 11 is 1.12. The monoisotopic (exact) mass is 397 g/mol. The molecule has 3 heterocycles. The number of carbonyl (C=O) groups is 2. The smallest absolute Gasteiger partial charge is 0.301 e. The van der Waals surface area contributed by atoms with Gasteiger partial charge in [0, 0.05) is 11.1 Å². The molecule has 1 aromatic carbocycles. The highest BCUT2D eigenvalue weighted by Gasteiger charge is 2.48. The molecule has 9 heteroatoms. The number of hydrogen-bond donors (Lipinski definition) is 1. The van der Waals surface area contributed by atoms with Crippen molar-refractivity contribution in [2.45, 2.75) is 13.0 Å². The maximum Gasteiger partial charge on any atom is 0.301 e. The lowest BCUT2D eigenvalue weighted by Crippen LogP contribution is -2.29. The van der Waals surface area contributed by atoms with Crippen LogP contribution < -0.4 is 9.64 Å². The summed E-state index contributed by atoms with van der Waals surface area (Å²) in [6.45, 7) is 2.38. The Morgan fingerprint density at radius 2 is 2.07 bits per heavy atom. The number of ketones is 1. The van der Waals surface area contributed by atoms with Gasteiger partial charge >= 0.3 is 5.91 Å². The van der Waals surface area contributed by atoms with E-state index in [1.54, 1.807) is 30.3 Å². The van der Waals surface area contributed by atoms with E-state index in [9.17, 15) is 14.7 Å². The van der Waals surface area contributed by atoms with E-state index in [1.807, 2.05) is 6.92 Å². The van der Waals surface area contributed by atoms with Gasteiger partial charge in [-0.05, 0) is 37.3 Å². The molecular weight excluding hydrogens is 382 g/mol. The summed E-state index contributed by atoms with van der Waals surface area (Å²) in [7, 11) is 0. The van der Waals surface area contributed by atoms with Gasteiger partial charge in [-0.15, -0.1) is 10.2 Å². The molecule has 28 heavy (non-hydrogen) atoms. The molecule has 1 aliphatic heterocycles. The zero-order chi connectivity index (χ0) is 19.7. The first-order valence-electron chi connectivity index (χ1n) is 8.44. The molecule has 8 nitrogen and oxygen atoms in total. The zero-order valence-corrected chi connectivity index (χ0v) is 15.5. The van der Waals surface area contributed by atoms with Crippen LogP contribution in [0.15, 0.2) is 58.4 Å². The number of rotatable bonds is 5. The molecule has 2 aromatic heterocycles. The Labute approximate surface area is 163 Å². The second-order valence-electron chi connectivity index (χ2n) is 5.90. The highest BCUT2D eigenvalue weighted by Crippen LogP contribution is 2.42. The third-order valence-corrected chi connectivity index (χ3v) is 4.99. The number of nitrogens with zero attached hydrogens (tertiary/aromatic N) is 3. The van der Waals surface area contributed by atoms with Crippen LogP contribution >= 0.6 is 11.3 Å². The average Bonchev–Trinajstić information content (AvgIpc) is 3.44. The van der Waals surface area contributed by atoms with Gasteiger partial charge in [-0.1, -0.05) is 11.3 Å². The summed E-state index contributed by atoms with van der Waals surface area (Å²) in [4.78, 5) is 26.7. The van der Waals surface area contributed by atoms with Gasteiger partial charge < -0.3 is 14.3 Å². The van der Waals surface area contributed by atoms with Gasteiger partial charge in [-0.3, -0.25) is 14.5 Å². The van der Waals surface area contributed by atoms with E-state index >= 15 is 0 Å². The Morgan fingerprint density at radius 1 is 1.29 bits per heavy atom. The molecule has 0 spiro atoms. The minimum atomic E-state index is -0.863. The molecule has 3 aromatic rings. The fraction of sp³-hybridized carbons (Fsp3) is 0.158. The standard InChI is InChI=1S/C19H15N3O5S/c1-2-27-13-5-3-11(4-6-13)16(23)14-15(12-7-8-26-9-12)22(18(25)17(14)24)19-21-20-10-28-19/h3-10,15,23H,2H2,1H3/b16-14+. The SMILES string of the molecule is CCOc1ccc(/C(O)=C2\C(=O)C(=O)N(c3nncs3)C2c2ccoc2)cc1. The summed E-state index contributed by atoms with van der Waals surface area (Å²) in [5, 5.41) is 18.8. The first-order valence-corrected chi connectivity index (χ1v) is 9.32. The number of amides is 1. The van der Waals surface area contributed by atoms with Crippen LogP contribution in [0, 0.1) is 0 Å². The van der Waals surface area contributed by atoms with Crippen molar-refractivity contribution in [2.75, 3.05) is 11.5 Å². The highest BCUT2D eigenvalue weighted by atomic mass is 32.1. The minimum absolute atomic E-state index is 0.0363. The first kappa shape index (κ1) is 17.9. The maximum atomic E-state index is 12.8. The minimum Gasteiger partial charge on any atom is -0.507 e. The van der Waals surface area contributed by atoms with E-state index in [0.29, 0.717) is 23.5 Å². The lowest BCUT2D eigenvalue weighted by Gasteiger charge is -2.20. The number of furan rings is 1. The van der Waals surface area contributed by atoms with Crippen LogP contribution in [0.1, 0.15) is 24.1 Å². The van der Waals surface area contributed by atoms with Gasteiger partial charge in [0.25, 0.3) is 5.78 Å². The molecule has 1 N–H and O–H groups in total. The number of anilines is 1. The summed E-state index contributed by atoms with van der Waals surface area (Å²) in [6, 6.07) is 7.41. The number of hydrogen-bond acceptors (Lipinski definition) is 8. The van der Waals surface area contributed by atoms with Gasteiger partial charge in [0.05, 0.1) is 24.7 Å². The molecule has 1 amide bonds. The van der Waals surface area contributed by atoms with E-state index in [1.165, 1.54) is 22.9 Å². The second-order valence-corrected chi connectivity index (χ2v) is 6.72. The van der Waals surface area contributed by atoms with Crippen molar-refractivity contribution in [1.82, 2.24) is 10.2 Å². The van der Waals surface area contributed by atoms with Crippen molar-refractivity contribution in [1.29, 1.82) is 0 Å². The average molecular weight is 397 g/mol. The Morgan fingerprint density at radius 3 is 2.68 bits per heavy atom. The van der Waals surface area contributed by atoms with Crippen LogP contribution in [-0.2, 0) is 9.59 Å². The van der Waals surface area contributed by atoms with Crippen molar-refractivity contribution >= 4 is 33.9 Å². The second kappa shape index (κ2) is 7.28. The summed E-state index contributed by atoms with van der Waals surface area (Å²) in [5.74, 6) is -1.22. The van der Waals surface area contributed by atoms with Crippen LogP contribution in [0.5, 0.6) is 5.75 Å². The quantitative estimate of drug-likeness (QED) is 0.400. The third kappa shape index (κ3) is 2.95. The van der Waals surface area contributed by atoms with E-state index in [-0.39, 0.29) is 16.5 Å². The predicted molar refractivity (Wildman–Crippen MR) is 101 cm³/mol. The topological polar surface area (TPSA) is 106 Å². The molecule has 1 unspecified atom stereocenters. The maximum absolute atomic E-state index is 12.8. The van der Waals surface area contributed by atoms with Crippen LogP contribution in [-0.4, -0.2) is 33.6 Å². The van der Waals surface area contributed by atoms with E-state index < -0.39 is 17.7 Å².